The summed E-state index contributed by atoms with van der Waals surface area (Å²) in [5, 5.41) is 3.16. The van der Waals surface area contributed by atoms with Crippen LogP contribution in [0.15, 0.2) is 161 Å². The van der Waals surface area contributed by atoms with Crippen LogP contribution in [-0.2, 0) is 0 Å². The number of rotatable bonds is 4. The van der Waals surface area contributed by atoms with E-state index in [1.807, 2.05) is 60.7 Å². The molecule has 0 amide bonds. The highest BCUT2D eigenvalue weighted by Gasteiger charge is 2.43. The van der Waals surface area contributed by atoms with E-state index in [2.05, 4.69) is 102 Å². The zero-order chi connectivity index (χ0) is 33.5. The molecule has 2 atom stereocenters. The summed E-state index contributed by atoms with van der Waals surface area (Å²) in [6.45, 7) is 0. The summed E-state index contributed by atoms with van der Waals surface area (Å²) in [6.07, 6.45) is 4.43. The Labute approximate surface area is 293 Å². The monoisotopic (exact) mass is 656 g/mol. The van der Waals surface area contributed by atoms with Crippen molar-refractivity contribution >= 4 is 50.4 Å². The minimum atomic E-state index is 0.100. The first-order chi connectivity index (χ1) is 25.3. The maximum atomic E-state index is 6.53. The average Bonchev–Trinajstić information content (AvgIpc) is 3.87. The predicted molar refractivity (Wildman–Crippen MR) is 203 cm³/mol. The maximum Gasteiger partial charge on any atom is 0.164 e. The average molecular weight is 657 g/mol. The molecule has 2 unspecified atom stereocenters. The molecule has 4 heterocycles. The van der Waals surface area contributed by atoms with Crippen LogP contribution in [0.3, 0.4) is 0 Å². The molecule has 0 saturated carbocycles. The van der Waals surface area contributed by atoms with Gasteiger partial charge in [0.25, 0.3) is 0 Å². The van der Waals surface area contributed by atoms with Gasteiger partial charge >= 0.3 is 0 Å². The third-order valence-corrected chi connectivity index (χ3v) is 10.3. The second kappa shape index (κ2) is 10.9. The van der Waals surface area contributed by atoms with Crippen LogP contribution in [0.25, 0.3) is 73.1 Å². The second-order valence-corrected chi connectivity index (χ2v) is 13.2. The first-order valence-corrected chi connectivity index (χ1v) is 17.2. The predicted octanol–water partition coefficient (Wildman–Crippen LogP) is 11.2. The van der Waals surface area contributed by atoms with Crippen molar-refractivity contribution in [1.82, 2.24) is 15.0 Å². The Morgan fingerprint density at radius 1 is 0.490 bits per heavy atom. The van der Waals surface area contributed by atoms with Gasteiger partial charge in [-0.3, -0.25) is 0 Å². The minimum Gasteiger partial charge on any atom is -0.456 e. The zero-order valence-electron chi connectivity index (χ0n) is 27.3. The molecule has 51 heavy (non-hydrogen) atoms. The van der Waals surface area contributed by atoms with E-state index in [0.29, 0.717) is 17.5 Å². The summed E-state index contributed by atoms with van der Waals surface area (Å²) < 4.78 is 12.7. The van der Waals surface area contributed by atoms with Gasteiger partial charge < -0.3 is 13.7 Å². The van der Waals surface area contributed by atoms with Crippen molar-refractivity contribution in [2.75, 3.05) is 4.90 Å². The lowest BCUT2D eigenvalue weighted by molar-refractivity contribution is 0.584. The highest BCUT2D eigenvalue weighted by Crippen LogP contribution is 2.53. The van der Waals surface area contributed by atoms with E-state index in [4.69, 9.17) is 23.8 Å². The van der Waals surface area contributed by atoms with Crippen molar-refractivity contribution in [3.05, 3.63) is 169 Å². The molecule has 9 aromatic rings. The van der Waals surface area contributed by atoms with Crippen molar-refractivity contribution in [2.45, 2.75) is 12.0 Å². The number of furan rings is 2. The van der Waals surface area contributed by atoms with Crippen LogP contribution in [0.2, 0.25) is 0 Å². The number of benzene rings is 6. The molecular weight excluding hydrogens is 629 g/mol. The summed E-state index contributed by atoms with van der Waals surface area (Å²) in [6, 6.07) is 50.1. The van der Waals surface area contributed by atoms with Gasteiger partial charge in [0.1, 0.15) is 22.5 Å². The van der Waals surface area contributed by atoms with Gasteiger partial charge in [0.2, 0.25) is 0 Å². The molecule has 0 spiro atoms. The third-order valence-electron chi connectivity index (χ3n) is 10.3. The topological polar surface area (TPSA) is 68.2 Å². The highest BCUT2D eigenvalue weighted by atomic mass is 16.3. The number of nitrogens with zero attached hydrogens (tertiary/aromatic N) is 4. The number of hydrogen-bond acceptors (Lipinski definition) is 6. The Morgan fingerprint density at radius 2 is 1.10 bits per heavy atom. The molecular formula is C45H28N4O2. The molecule has 6 nitrogen and oxygen atoms in total. The van der Waals surface area contributed by atoms with Crippen LogP contribution in [-0.4, -0.2) is 21.0 Å². The lowest BCUT2D eigenvalue weighted by atomic mass is 9.82. The summed E-state index contributed by atoms with van der Waals surface area (Å²) in [7, 11) is 0. The van der Waals surface area contributed by atoms with Crippen LogP contribution < -0.4 is 4.90 Å². The number of fused-ring (bicyclic) bond motifs is 10. The molecule has 1 aliphatic carbocycles. The van der Waals surface area contributed by atoms with Crippen LogP contribution in [0.5, 0.6) is 0 Å². The first kappa shape index (κ1) is 28.1. The van der Waals surface area contributed by atoms with Crippen molar-refractivity contribution in [2.24, 2.45) is 0 Å². The standard InChI is InChI=1S/C45H28N4O2/c1-3-11-27(12-4-1)43-46-44(28-19-22-38-33(25-28)31-15-8-10-18-37(31)50-38)48-45(47-43)29-20-23-39-34(26-29)42-40(51-39)24-21-36-41(42)32-16-7-9-17-35(32)49(36)30-13-5-2-6-14-30/h1-26,36,41H. The van der Waals surface area contributed by atoms with Gasteiger partial charge in [-0.05, 0) is 72.3 Å². The van der Waals surface area contributed by atoms with E-state index in [1.165, 1.54) is 22.5 Å². The Balaban J connectivity index is 1.08. The van der Waals surface area contributed by atoms with Crippen molar-refractivity contribution in [1.29, 1.82) is 0 Å². The van der Waals surface area contributed by atoms with E-state index in [1.54, 1.807) is 0 Å². The second-order valence-electron chi connectivity index (χ2n) is 13.2. The summed E-state index contributed by atoms with van der Waals surface area (Å²) >= 11 is 0. The molecule has 6 aromatic carbocycles. The minimum absolute atomic E-state index is 0.100. The molecule has 0 bridgehead atoms. The molecule has 0 saturated heterocycles. The highest BCUT2D eigenvalue weighted by molar-refractivity contribution is 6.06. The van der Waals surface area contributed by atoms with Gasteiger partial charge in [-0.1, -0.05) is 91.0 Å². The van der Waals surface area contributed by atoms with Gasteiger partial charge in [0.15, 0.2) is 17.5 Å². The number of para-hydroxylation sites is 3. The molecule has 6 heteroatoms. The Hall–Kier alpha value is -6.79. The molecule has 11 rings (SSSR count). The lowest BCUT2D eigenvalue weighted by Crippen LogP contribution is -2.30. The molecule has 3 aromatic heterocycles. The summed E-state index contributed by atoms with van der Waals surface area (Å²) in [4.78, 5) is 17.7. The van der Waals surface area contributed by atoms with Crippen LogP contribution >= 0.6 is 0 Å². The molecule has 240 valence electrons. The van der Waals surface area contributed by atoms with Crippen molar-refractivity contribution < 1.29 is 8.83 Å². The Kier molecular flexibility index (Phi) is 5.98. The number of anilines is 2. The van der Waals surface area contributed by atoms with Crippen LogP contribution in [0.4, 0.5) is 11.4 Å². The van der Waals surface area contributed by atoms with Gasteiger partial charge in [-0.15, -0.1) is 0 Å². The van der Waals surface area contributed by atoms with E-state index in [-0.39, 0.29) is 12.0 Å². The van der Waals surface area contributed by atoms with Gasteiger partial charge in [0, 0.05) is 55.7 Å². The summed E-state index contributed by atoms with van der Waals surface area (Å²) in [5.41, 5.74) is 10.1. The molecule has 0 radical (unpaired) electrons. The largest absolute Gasteiger partial charge is 0.456 e. The van der Waals surface area contributed by atoms with Crippen molar-refractivity contribution in [3.8, 4) is 34.2 Å². The fourth-order valence-corrected chi connectivity index (χ4v) is 8.01. The maximum absolute atomic E-state index is 6.53. The molecule has 2 aliphatic rings. The number of aromatic nitrogens is 3. The third kappa shape index (κ3) is 4.33. The fraction of sp³-hybridized carbons (Fsp3) is 0.0444. The fourth-order valence-electron chi connectivity index (χ4n) is 8.01. The normalized spacial score (nSPS) is 16.1. The molecule has 0 N–H and O–H groups in total. The Morgan fingerprint density at radius 3 is 1.88 bits per heavy atom. The van der Waals surface area contributed by atoms with E-state index < -0.39 is 0 Å². The van der Waals surface area contributed by atoms with Crippen LogP contribution in [0.1, 0.15) is 22.8 Å². The van der Waals surface area contributed by atoms with E-state index >= 15 is 0 Å². The van der Waals surface area contributed by atoms with Crippen LogP contribution in [0, 0.1) is 0 Å². The van der Waals surface area contributed by atoms with Gasteiger partial charge in [-0.25, -0.2) is 15.0 Å². The van der Waals surface area contributed by atoms with Gasteiger partial charge in [0.05, 0.1) is 6.04 Å². The van der Waals surface area contributed by atoms with Crippen molar-refractivity contribution in [3.63, 3.8) is 0 Å². The van der Waals surface area contributed by atoms with Gasteiger partial charge in [-0.2, -0.15) is 0 Å². The first-order valence-electron chi connectivity index (χ1n) is 17.2. The quantitative estimate of drug-likeness (QED) is 0.188. The molecule has 0 fully saturated rings. The van der Waals surface area contributed by atoms with E-state index in [0.717, 1.165) is 55.4 Å². The lowest BCUT2D eigenvalue weighted by Gasteiger charge is -2.30. The SMILES string of the molecule is C1=CC2C(c3ccccc3N2c2ccccc2)c2c1oc1ccc(-c3nc(-c4ccccc4)nc(-c4ccc5oc6ccccc6c5c4)n3)cc21. The number of hydrogen-bond donors (Lipinski definition) is 0. The molecule has 1 aliphatic heterocycles. The summed E-state index contributed by atoms with van der Waals surface area (Å²) in [5.74, 6) is 2.83. The Bertz CT molecular complexity index is 2840. The zero-order valence-corrected chi connectivity index (χ0v) is 27.3. The smallest absolute Gasteiger partial charge is 0.164 e. The van der Waals surface area contributed by atoms with E-state index in [9.17, 15) is 0 Å².